The lowest BCUT2D eigenvalue weighted by atomic mass is 10.2. The molecule has 0 amide bonds. The Morgan fingerprint density at radius 2 is 2.22 bits per heavy atom. The molecule has 0 aliphatic heterocycles. The first kappa shape index (κ1) is 12.2. The molecule has 9 heteroatoms. The van der Waals surface area contributed by atoms with Gasteiger partial charge in [-0.25, -0.2) is 14.5 Å². The summed E-state index contributed by atoms with van der Waals surface area (Å²) in [5, 5.41) is 23.5. The number of hydrogen-bond donors (Lipinski definition) is 1. The minimum atomic E-state index is -1.31. The molecule has 0 aromatic carbocycles. The van der Waals surface area contributed by atoms with Gasteiger partial charge in [0.25, 0.3) is 5.69 Å². The molecule has 0 spiro atoms. The summed E-state index contributed by atoms with van der Waals surface area (Å²) in [6, 6.07) is 0.945. The highest BCUT2D eigenvalue weighted by atomic mass is 79.9. The molecule has 2 rings (SSSR count). The van der Waals surface area contributed by atoms with E-state index in [9.17, 15) is 14.9 Å². The highest BCUT2D eigenvalue weighted by Gasteiger charge is 2.19. The van der Waals surface area contributed by atoms with Crippen molar-refractivity contribution in [3.63, 3.8) is 0 Å². The predicted octanol–water partition coefficient (Wildman–Crippen LogP) is 1.64. The molecule has 0 bridgehead atoms. The first-order valence-electron chi connectivity index (χ1n) is 4.57. The predicted molar refractivity (Wildman–Crippen MR) is 62.7 cm³/mol. The smallest absolute Gasteiger partial charge is 0.339 e. The fourth-order valence-corrected chi connectivity index (χ4v) is 1.59. The molecule has 2 aromatic heterocycles. The van der Waals surface area contributed by atoms with Crippen LogP contribution in [0.1, 0.15) is 10.4 Å². The largest absolute Gasteiger partial charge is 0.478 e. The van der Waals surface area contributed by atoms with Gasteiger partial charge in [-0.15, -0.1) is 0 Å². The molecule has 0 radical (unpaired) electrons. The van der Waals surface area contributed by atoms with E-state index in [0.29, 0.717) is 4.47 Å². The summed E-state index contributed by atoms with van der Waals surface area (Å²) in [4.78, 5) is 24.7. The van der Waals surface area contributed by atoms with E-state index in [-0.39, 0.29) is 17.1 Å². The summed E-state index contributed by atoms with van der Waals surface area (Å²) in [7, 11) is 0. The van der Waals surface area contributed by atoms with E-state index in [4.69, 9.17) is 5.11 Å². The van der Waals surface area contributed by atoms with Crippen LogP contribution < -0.4 is 0 Å². The zero-order valence-electron chi connectivity index (χ0n) is 8.65. The lowest BCUT2D eigenvalue weighted by Crippen LogP contribution is -2.09. The van der Waals surface area contributed by atoms with Crippen LogP contribution in [0.25, 0.3) is 5.82 Å². The van der Waals surface area contributed by atoms with Crippen molar-refractivity contribution in [2.24, 2.45) is 0 Å². The quantitative estimate of drug-likeness (QED) is 0.681. The number of halogens is 1. The van der Waals surface area contributed by atoms with Gasteiger partial charge in [0.1, 0.15) is 11.8 Å². The van der Waals surface area contributed by atoms with Crippen molar-refractivity contribution in [1.82, 2.24) is 14.8 Å². The van der Waals surface area contributed by atoms with E-state index in [2.05, 4.69) is 26.0 Å². The van der Waals surface area contributed by atoms with E-state index in [0.717, 1.165) is 12.3 Å². The zero-order chi connectivity index (χ0) is 13.3. The normalized spacial score (nSPS) is 10.3. The van der Waals surface area contributed by atoms with Crippen LogP contribution >= 0.6 is 15.9 Å². The number of aromatic carboxylic acids is 1. The number of hydrogen-bond acceptors (Lipinski definition) is 5. The third kappa shape index (κ3) is 2.20. The maximum Gasteiger partial charge on any atom is 0.339 e. The van der Waals surface area contributed by atoms with Crippen molar-refractivity contribution in [2.75, 3.05) is 0 Å². The molecule has 1 N–H and O–H groups in total. The molecule has 8 nitrogen and oxygen atoms in total. The monoisotopic (exact) mass is 312 g/mol. The van der Waals surface area contributed by atoms with Gasteiger partial charge in [0.15, 0.2) is 5.82 Å². The summed E-state index contributed by atoms with van der Waals surface area (Å²) in [5.74, 6) is -1.30. The van der Waals surface area contributed by atoms with Crippen molar-refractivity contribution in [3.05, 3.63) is 44.8 Å². The first-order valence-corrected chi connectivity index (χ1v) is 5.36. The van der Waals surface area contributed by atoms with E-state index in [1.54, 1.807) is 0 Å². The molecule has 0 atom stereocenters. The van der Waals surface area contributed by atoms with Gasteiger partial charge < -0.3 is 5.11 Å². The van der Waals surface area contributed by atoms with Crippen molar-refractivity contribution in [1.29, 1.82) is 0 Å². The fourth-order valence-electron chi connectivity index (χ4n) is 1.30. The molecule has 18 heavy (non-hydrogen) atoms. The topological polar surface area (TPSA) is 111 Å². The molecular formula is C9H5BrN4O4. The van der Waals surface area contributed by atoms with Crippen LogP contribution in [0.3, 0.4) is 0 Å². The number of pyridine rings is 1. The summed E-state index contributed by atoms with van der Waals surface area (Å²) >= 11 is 3.16. The van der Waals surface area contributed by atoms with E-state index < -0.39 is 10.9 Å². The zero-order valence-corrected chi connectivity index (χ0v) is 10.2. The van der Waals surface area contributed by atoms with Gasteiger partial charge in [-0.3, -0.25) is 10.1 Å². The number of rotatable bonds is 3. The van der Waals surface area contributed by atoms with Crippen LogP contribution in [0.2, 0.25) is 0 Å². The lowest BCUT2D eigenvalue weighted by molar-refractivity contribution is -0.385. The van der Waals surface area contributed by atoms with Gasteiger partial charge in [-0.1, -0.05) is 0 Å². The van der Waals surface area contributed by atoms with Gasteiger partial charge in [0.2, 0.25) is 0 Å². The Hall–Kier alpha value is -2.29. The molecule has 0 saturated carbocycles. The molecular weight excluding hydrogens is 308 g/mol. The first-order chi connectivity index (χ1) is 8.49. The number of nitro groups is 1. The summed E-state index contributed by atoms with van der Waals surface area (Å²) in [6.07, 6.45) is 3.94. The Morgan fingerprint density at radius 1 is 1.50 bits per heavy atom. The van der Waals surface area contributed by atoms with Gasteiger partial charge in [0.05, 0.1) is 15.6 Å². The van der Waals surface area contributed by atoms with Crippen LogP contribution in [0.4, 0.5) is 5.69 Å². The van der Waals surface area contributed by atoms with Crippen molar-refractivity contribution < 1.29 is 14.8 Å². The second kappa shape index (κ2) is 4.53. The van der Waals surface area contributed by atoms with Crippen LogP contribution in [-0.2, 0) is 0 Å². The maximum atomic E-state index is 11.1. The SMILES string of the molecule is O=C(O)c1cc([N+](=O)[O-])cnc1-n1cc(Br)cn1. The Balaban J connectivity index is 2.60. The summed E-state index contributed by atoms with van der Waals surface area (Å²) in [5.41, 5.74) is -0.679. The molecule has 2 aromatic rings. The second-order valence-corrected chi connectivity index (χ2v) is 4.15. The second-order valence-electron chi connectivity index (χ2n) is 3.23. The molecule has 0 fully saturated rings. The van der Waals surface area contributed by atoms with E-state index in [1.165, 1.54) is 17.1 Å². The summed E-state index contributed by atoms with van der Waals surface area (Å²) < 4.78 is 1.86. The van der Waals surface area contributed by atoms with Gasteiger partial charge in [-0.05, 0) is 15.9 Å². The van der Waals surface area contributed by atoms with Crippen molar-refractivity contribution in [3.8, 4) is 5.82 Å². The van der Waals surface area contributed by atoms with Crippen molar-refractivity contribution in [2.45, 2.75) is 0 Å². The van der Waals surface area contributed by atoms with Gasteiger partial charge in [-0.2, -0.15) is 5.10 Å². The minimum Gasteiger partial charge on any atom is -0.478 e. The van der Waals surface area contributed by atoms with Crippen LogP contribution in [-0.4, -0.2) is 30.8 Å². The molecule has 0 aliphatic rings. The third-order valence-corrected chi connectivity index (χ3v) is 2.47. The minimum absolute atomic E-state index is 0.0128. The van der Waals surface area contributed by atoms with E-state index in [1.807, 2.05) is 0 Å². The van der Waals surface area contributed by atoms with Crippen LogP contribution in [0.5, 0.6) is 0 Å². The molecule has 92 valence electrons. The van der Waals surface area contributed by atoms with Crippen LogP contribution in [0, 0.1) is 10.1 Å². The average molecular weight is 313 g/mol. The number of carboxylic acid groups (broad SMARTS) is 1. The van der Waals surface area contributed by atoms with Crippen molar-refractivity contribution >= 4 is 27.6 Å². The number of nitrogens with zero attached hydrogens (tertiary/aromatic N) is 4. The standard InChI is InChI=1S/C9H5BrN4O4/c10-5-2-12-13(4-5)8-7(9(15)16)1-6(3-11-8)14(17)18/h1-4H,(H,15,16). The number of carbonyl (C=O) groups is 1. The summed E-state index contributed by atoms with van der Waals surface area (Å²) in [6.45, 7) is 0. The third-order valence-electron chi connectivity index (χ3n) is 2.06. The molecule has 2 heterocycles. The highest BCUT2D eigenvalue weighted by molar-refractivity contribution is 9.10. The molecule has 0 saturated heterocycles. The van der Waals surface area contributed by atoms with E-state index >= 15 is 0 Å². The Bertz CT molecular complexity index is 639. The van der Waals surface area contributed by atoms with Gasteiger partial charge in [0, 0.05) is 12.3 Å². The average Bonchev–Trinajstić information content (AvgIpc) is 2.74. The number of carboxylic acids is 1. The molecule has 0 aliphatic carbocycles. The Morgan fingerprint density at radius 3 is 2.72 bits per heavy atom. The highest BCUT2D eigenvalue weighted by Crippen LogP contribution is 2.19. The lowest BCUT2D eigenvalue weighted by Gasteiger charge is -2.04. The molecule has 0 unspecified atom stereocenters. The van der Waals surface area contributed by atoms with Crippen LogP contribution in [0.15, 0.2) is 29.1 Å². The maximum absolute atomic E-state index is 11.1. The number of aromatic nitrogens is 3. The Labute approximate surface area is 108 Å². The fraction of sp³-hybridized carbons (Fsp3) is 0. The Kier molecular flexibility index (Phi) is 3.06. The van der Waals surface area contributed by atoms with Gasteiger partial charge >= 0.3 is 5.97 Å².